The number of carboxylic acid groups (broad SMARTS) is 1. The van der Waals surface area contributed by atoms with Crippen molar-refractivity contribution in [3.63, 3.8) is 0 Å². The molecule has 2 aromatic carbocycles. The lowest BCUT2D eigenvalue weighted by atomic mass is 9.70. The maximum Gasteiger partial charge on any atom is 0.320 e. The molecule has 0 spiro atoms. The van der Waals surface area contributed by atoms with Crippen LogP contribution in [0.2, 0.25) is 5.02 Å². The summed E-state index contributed by atoms with van der Waals surface area (Å²) < 4.78 is 34.8. The molecule has 0 aromatic heterocycles. The van der Waals surface area contributed by atoms with E-state index in [1.807, 2.05) is 18.2 Å². The molecule has 1 heterocycles. The Bertz CT molecular complexity index is 1040. The Balaban J connectivity index is 1.45. The van der Waals surface area contributed by atoms with Crippen LogP contribution in [0.25, 0.3) is 0 Å². The lowest BCUT2D eigenvalue weighted by Crippen LogP contribution is -2.44. The summed E-state index contributed by atoms with van der Waals surface area (Å²) in [6.07, 6.45) is 3.87. The van der Waals surface area contributed by atoms with Crippen LogP contribution in [0.5, 0.6) is 5.75 Å². The van der Waals surface area contributed by atoms with Gasteiger partial charge in [0.15, 0.2) is 11.6 Å². The number of carboxylic acids is 1. The van der Waals surface area contributed by atoms with E-state index in [9.17, 15) is 13.6 Å². The van der Waals surface area contributed by atoms with Gasteiger partial charge in [-0.05, 0) is 81.4 Å². The maximum atomic E-state index is 14.7. The van der Waals surface area contributed by atoms with Crippen LogP contribution in [0.15, 0.2) is 36.4 Å². The fourth-order valence-corrected chi connectivity index (χ4v) is 5.64. The van der Waals surface area contributed by atoms with Gasteiger partial charge < -0.3 is 15.2 Å². The Labute approximate surface area is 204 Å². The third-order valence-electron chi connectivity index (χ3n) is 7.43. The molecule has 1 aliphatic carbocycles. The third kappa shape index (κ3) is 5.21. The predicted molar refractivity (Wildman–Crippen MR) is 127 cm³/mol. The van der Waals surface area contributed by atoms with Crippen molar-refractivity contribution in [1.82, 2.24) is 10.2 Å². The normalized spacial score (nSPS) is 27.2. The van der Waals surface area contributed by atoms with E-state index in [4.69, 9.17) is 21.4 Å². The van der Waals surface area contributed by atoms with Gasteiger partial charge in [0.1, 0.15) is 17.9 Å². The summed E-state index contributed by atoms with van der Waals surface area (Å²) in [5.74, 6) is -2.25. The van der Waals surface area contributed by atoms with Crippen molar-refractivity contribution >= 4 is 17.6 Å². The molecule has 2 atom stereocenters. The second-order valence-corrected chi connectivity index (χ2v) is 10.2. The van der Waals surface area contributed by atoms with Crippen molar-refractivity contribution in [3.8, 4) is 5.75 Å². The molecule has 2 fully saturated rings. The van der Waals surface area contributed by atoms with Gasteiger partial charge in [-0.15, -0.1) is 0 Å². The molecule has 0 radical (unpaired) electrons. The first-order valence-electron chi connectivity index (χ1n) is 11.7. The number of nitrogens with zero attached hydrogens (tertiary/aromatic N) is 1. The largest absolute Gasteiger partial charge is 0.489 e. The average molecular weight is 493 g/mol. The number of carbonyl (C=O) groups is 1. The highest BCUT2D eigenvalue weighted by atomic mass is 35.5. The van der Waals surface area contributed by atoms with Crippen LogP contribution in [0.1, 0.15) is 43.2 Å². The highest BCUT2D eigenvalue weighted by molar-refractivity contribution is 6.30. The Morgan fingerprint density at radius 1 is 1.24 bits per heavy atom. The molecule has 2 aromatic rings. The molecule has 1 aliphatic heterocycles. The van der Waals surface area contributed by atoms with E-state index in [-0.39, 0.29) is 23.6 Å². The van der Waals surface area contributed by atoms with Gasteiger partial charge in [0.25, 0.3) is 0 Å². The van der Waals surface area contributed by atoms with Crippen LogP contribution >= 0.6 is 11.6 Å². The van der Waals surface area contributed by atoms with Crippen molar-refractivity contribution in [2.45, 2.75) is 56.2 Å². The standard InChI is InChI=1S/C26H31ClF2N2O3/c1-31(2)26(18-4-3-5-19(27)12-18)8-6-16(7-9-26)10-17-11-20(13-22(28)24(17)29)34-21-14-23(25(32)33)30-15-21/h3-5,11-13,16,21,23,30H,6-10,14-15H2,1-2H3,(H,32,33)/t16?,21-,23-,26?/m0/s1. The Morgan fingerprint density at radius 3 is 2.59 bits per heavy atom. The van der Waals surface area contributed by atoms with E-state index in [2.05, 4.69) is 30.4 Å². The minimum absolute atomic E-state index is 0.133. The molecule has 0 bridgehead atoms. The number of rotatable bonds is 7. The fraction of sp³-hybridized carbons (Fsp3) is 0.500. The average Bonchev–Trinajstić information content (AvgIpc) is 3.26. The van der Waals surface area contributed by atoms with E-state index in [0.717, 1.165) is 31.7 Å². The smallest absolute Gasteiger partial charge is 0.320 e. The van der Waals surface area contributed by atoms with Gasteiger partial charge in [0.05, 0.1) is 0 Å². The molecule has 184 valence electrons. The summed E-state index contributed by atoms with van der Waals surface area (Å²) in [5.41, 5.74) is 1.36. The molecule has 2 N–H and O–H groups in total. The second kappa shape index (κ2) is 10.2. The minimum Gasteiger partial charge on any atom is -0.489 e. The second-order valence-electron chi connectivity index (χ2n) is 9.74. The minimum atomic E-state index is -0.944. The van der Waals surface area contributed by atoms with Crippen LogP contribution in [0, 0.1) is 17.6 Å². The number of hydrogen-bond donors (Lipinski definition) is 2. The topological polar surface area (TPSA) is 61.8 Å². The molecular formula is C26H31ClF2N2O3. The zero-order valence-corrected chi connectivity index (χ0v) is 20.2. The monoisotopic (exact) mass is 492 g/mol. The summed E-state index contributed by atoms with van der Waals surface area (Å²) in [4.78, 5) is 13.4. The van der Waals surface area contributed by atoms with Gasteiger partial charge in [0, 0.05) is 29.6 Å². The number of ether oxygens (including phenoxy) is 1. The van der Waals surface area contributed by atoms with Crippen LogP contribution in [-0.2, 0) is 16.8 Å². The number of aliphatic carboxylic acids is 1. The third-order valence-corrected chi connectivity index (χ3v) is 7.66. The summed E-state index contributed by atoms with van der Waals surface area (Å²) in [6, 6.07) is 9.89. The van der Waals surface area contributed by atoms with Gasteiger partial charge in [-0.3, -0.25) is 9.69 Å². The predicted octanol–water partition coefficient (Wildman–Crippen LogP) is 5.00. The highest BCUT2D eigenvalue weighted by Crippen LogP contribution is 2.44. The van der Waals surface area contributed by atoms with E-state index in [0.29, 0.717) is 23.6 Å². The maximum absolute atomic E-state index is 14.7. The van der Waals surface area contributed by atoms with Gasteiger partial charge in [0.2, 0.25) is 0 Å². The van der Waals surface area contributed by atoms with E-state index >= 15 is 0 Å². The summed E-state index contributed by atoms with van der Waals surface area (Å²) >= 11 is 6.26. The van der Waals surface area contributed by atoms with Gasteiger partial charge in [-0.25, -0.2) is 8.78 Å². The van der Waals surface area contributed by atoms with Gasteiger partial charge >= 0.3 is 5.97 Å². The van der Waals surface area contributed by atoms with Crippen LogP contribution in [0.4, 0.5) is 8.78 Å². The molecular weight excluding hydrogens is 462 g/mol. The number of hydrogen-bond acceptors (Lipinski definition) is 4. The van der Waals surface area contributed by atoms with Crippen molar-refractivity contribution in [2.24, 2.45) is 5.92 Å². The van der Waals surface area contributed by atoms with Crippen molar-refractivity contribution < 1.29 is 23.4 Å². The molecule has 8 heteroatoms. The quantitative estimate of drug-likeness (QED) is 0.569. The molecule has 1 saturated heterocycles. The SMILES string of the molecule is CN(C)C1(c2cccc(Cl)c2)CCC(Cc2cc(O[C@@H]3CN[C@H](C(=O)O)C3)cc(F)c2F)CC1. The summed E-state index contributed by atoms with van der Waals surface area (Å²) in [5, 5.41) is 12.7. The van der Waals surface area contributed by atoms with Crippen LogP contribution < -0.4 is 10.1 Å². The Morgan fingerprint density at radius 2 is 1.97 bits per heavy atom. The van der Waals surface area contributed by atoms with Gasteiger partial charge in [-0.2, -0.15) is 0 Å². The number of benzene rings is 2. The van der Waals surface area contributed by atoms with Crippen LogP contribution in [0.3, 0.4) is 0 Å². The number of halogens is 3. The van der Waals surface area contributed by atoms with Crippen molar-refractivity contribution in [1.29, 1.82) is 0 Å². The van der Waals surface area contributed by atoms with E-state index in [1.54, 1.807) is 6.07 Å². The Hall–Kier alpha value is -2.22. The first-order valence-corrected chi connectivity index (χ1v) is 12.1. The zero-order valence-electron chi connectivity index (χ0n) is 19.5. The molecule has 2 aliphatic rings. The fourth-order valence-electron chi connectivity index (χ4n) is 5.45. The summed E-state index contributed by atoms with van der Waals surface area (Å²) in [7, 11) is 4.15. The van der Waals surface area contributed by atoms with Crippen LogP contribution in [-0.4, -0.2) is 48.8 Å². The molecule has 5 nitrogen and oxygen atoms in total. The first-order chi connectivity index (χ1) is 16.2. The molecule has 0 amide bonds. The van der Waals surface area contributed by atoms with E-state index < -0.39 is 29.7 Å². The zero-order chi connectivity index (χ0) is 24.5. The van der Waals surface area contributed by atoms with E-state index in [1.165, 1.54) is 5.56 Å². The lowest BCUT2D eigenvalue weighted by molar-refractivity contribution is -0.139. The highest BCUT2D eigenvalue weighted by Gasteiger charge is 2.39. The summed E-state index contributed by atoms with van der Waals surface area (Å²) in [6.45, 7) is 0.351. The molecule has 4 rings (SSSR count). The van der Waals surface area contributed by atoms with Crippen molar-refractivity contribution in [3.05, 3.63) is 64.2 Å². The molecule has 1 saturated carbocycles. The first kappa shape index (κ1) is 24.9. The molecule has 0 unspecified atom stereocenters. The van der Waals surface area contributed by atoms with Gasteiger partial charge in [-0.1, -0.05) is 23.7 Å². The van der Waals surface area contributed by atoms with Crippen molar-refractivity contribution in [2.75, 3.05) is 20.6 Å². The molecule has 34 heavy (non-hydrogen) atoms. The Kier molecular flexibility index (Phi) is 7.45. The lowest BCUT2D eigenvalue weighted by Gasteiger charge is -2.45. The number of nitrogens with one attached hydrogen (secondary N) is 1.